The number of amides is 3. The molecule has 0 aliphatic carbocycles. The molecule has 0 spiro atoms. The van der Waals surface area contributed by atoms with E-state index in [0.717, 1.165) is 29.0 Å². The van der Waals surface area contributed by atoms with Gasteiger partial charge in [-0.15, -0.1) is 0 Å². The van der Waals surface area contributed by atoms with E-state index in [0.29, 0.717) is 23.1 Å². The highest BCUT2D eigenvalue weighted by Crippen LogP contribution is 2.44. The molecule has 0 radical (unpaired) electrons. The highest BCUT2D eigenvalue weighted by molar-refractivity contribution is 5.92. The number of hydrogen-bond donors (Lipinski definition) is 1. The summed E-state index contributed by atoms with van der Waals surface area (Å²) >= 11 is 0. The minimum absolute atomic E-state index is 0.0732. The molecule has 0 aromatic heterocycles. The quantitative estimate of drug-likeness (QED) is 0.395. The fourth-order valence-corrected chi connectivity index (χ4v) is 5.19. The number of benzene rings is 2. The van der Waals surface area contributed by atoms with Gasteiger partial charge in [0.25, 0.3) is 0 Å². The Morgan fingerprint density at radius 2 is 1.43 bits per heavy atom. The zero-order valence-electron chi connectivity index (χ0n) is 22.0. The third-order valence-corrected chi connectivity index (χ3v) is 6.96. The Morgan fingerprint density at radius 3 is 1.85 bits per heavy atom. The number of halogens is 8. The third-order valence-electron chi connectivity index (χ3n) is 6.96. The second kappa shape index (κ2) is 10.4. The molecule has 1 saturated heterocycles. The number of carboxylic acid groups (broad SMARTS) is 1. The van der Waals surface area contributed by atoms with E-state index in [1.54, 1.807) is 20.8 Å². The van der Waals surface area contributed by atoms with E-state index in [9.17, 15) is 49.8 Å². The summed E-state index contributed by atoms with van der Waals surface area (Å²) in [6, 6.07) is 0.153. The van der Waals surface area contributed by atoms with Crippen molar-refractivity contribution in [1.82, 2.24) is 9.80 Å². The SMILES string of the molecule is CN(C(=O)N(C)[C@@H]1C(C(C)(C)C)N(C(=O)O)C[C@H]1c1ccc(F)cc1F)c1cc(C(F)(F)F)cc(C(F)(F)F)c1. The first kappa shape index (κ1) is 31.0. The monoisotopic (exact) mass is 581 g/mol. The van der Waals surface area contributed by atoms with E-state index in [-0.39, 0.29) is 18.2 Å². The first-order chi connectivity index (χ1) is 18.1. The standard InChI is InChI=1S/C26H27F8N3O3/c1-24(2,3)21-20(18(12-37(21)23(39)40)17-7-6-15(27)11-19(17)28)36(5)22(38)35(4)16-9-13(25(29,30)31)8-14(10-16)26(32,33)34/h6-11,18,20-21H,12H2,1-5H3,(H,39,40)/t18-,20-,21?/m0/s1. The van der Waals surface area contributed by atoms with Gasteiger partial charge in [0.2, 0.25) is 0 Å². The number of rotatable bonds is 3. The zero-order valence-corrected chi connectivity index (χ0v) is 22.0. The predicted octanol–water partition coefficient (Wildman–Crippen LogP) is 7.05. The minimum atomic E-state index is -5.15. The Kier molecular flexibility index (Phi) is 8.07. The summed E-state index contributed by atoms with van der Waals surface area (Å²) in [4.78, 5) is 28.3. The summed E-state index contributed by atoms with van der Waals surface area (Å²) in [5.41, 5.74) is -4.96. The van der Waals surface area contributed by atoms with Gasteiger partial charge in [-0.25, -0.2) is 18.4 Å². The number of carbonyl (C=O) groups is 2. The average molecular weight is 582 g/mol. The minimum Gasteiger partial charge on any atom is -0.465 e. The maximum absolute atomic E-state index is 14.9. The number of likely N-dealkylation sites (N-methyl/N-ethyl adjacent to an activating group) is 1. The smallest absolute Gasteiger partial charge is 0.416 e. The molecule has 1 heterocycles. The molecular weight excluding hydrogens is 554 g/mol. The maximum Gasteiger partial charge on any atom is 0.416 e. The van der Waals surface area contributed by atoms with E-state index >= 15 is 0 Å². The van der Waals surface area contributed by atoms with Gasteiger partial charge in [0, 0.05) is 38.3 Å². The van der Waals surface area contributed by atoms with Gasteiger partial charge in [0.05, 0.1) is 23.2 Å². The second-order valence-electron chi connectivity index (χ2n) is 10.7. The average Bonchev–Trinajstić information content (AvgIpc) is 3.22. The number of hydrogen-bond acceptors (Lipinski definition) is 2. The van der Waals surface area contributed by atoms with Crippen molar-refractivity contribution < 1.29 is 49.8 Å². The lowest BCUT2D eigenvalue weighted by Gasteiger charge is -2.42. The molecule has 1 unspecified atom stereocenters. The predicted molar refractivity (Wildman–Crippen MR) is 129 cm³/mol. The van der Waals surface area contributed by atoms with Crippen LogP contribution < -0.4 is 4.90 Å². The highest BCUT2D eigenvalue weighted by atomic mass is 19.4. The lowest BCUT2D eigenvalue weighted by atomic mass is 9.78. The van der Waals surface area contributed by atoms with Crippen LogP contribution in [0.25, 0.3) is 0 Å². The number of nitrogens with zero attached hydrogens (tertiary/aromatic N) is 3. The van der Waals surface area contributed by atoms with Crippen LogP contribution in [0, 0.1) is 17.0 Å². The van der Waals surface area contributed by atoms with E-state index in [2.05, 4.69) is 0 Å². The summed E-state index contributed by atoms with van der Waals surface area (Å²) < 4.78 is 109. The molecule has 3 amide bonds. The lowest BCUT2D eigenvalue weighted by molar-refractivity contribution is -0.143. The molecule has 2 aromatic rings. The lowest BCUT2D eigenvalue weighted by Crippen LogP contribution is -2.56. The second-order valence-corrected chi connectivity index (χ2v) is 10.7. The first-order valence-electron chi connectivity index (χ1n) is 11.9. The Labute approximate surface area is 224 Å². The molecule has 220 valence electrons. The number of carbonyl (C=O) groups excluding carboxylic acids is 1. The topological polar surface area (TPSA) is 64.1 Å². The van der Waals surface area contributed by atoms with Crippen LogP contribution in [0.2, 0.25) is 0 Å². The number of anilines is 1. The summed E-state index contributed by atoms with van der Waals surface area (Å²) in [7, 11) is 2.16. The Bertz CT molecular complexity index is 1260. The van der Waals surface area contributed by atoms with Crippen LogP contribution >= 0.6 is 0 Å². The van der Waals surface area contributed by atoms with Crippen LogP contribution in [0.4, 0.5) is 50.4 Å². The number of alkyl halides is 6. The maximum atomic E-state index is 14.9. The van der Waals surface area contributed by atoms with E-state index in [4.69, 9.17) is 0 Å². The Hall–Kier alpha value is -3.58. The van der Waals surface area contributed by atoms with Gasteiger partial charge in [0.1, 0.15) is 11.6 Å². The molecule has 1 aliphatic rings. The van der Waals surface area contributed by atoms with E-state index < -0.39 is 76.3 Å². The molecule has 1 aliphatic heterocycles. The van der Waals surface area contributed by atoms with Gasteiger partial charge in [-0.1, -0.05) is 26.8 Å². The zero-order chi connectivity index (χ0) is 30.5. The molecule has 0 saturated carbocycles. The van der Waals surface area contributed by atoms with Gasteiger partial charge in [-0.05, 0) is 35.2 Å². The molecule has 3 atom stereocenters. The fraction of sp³-hybridized carbons (Fsp3) is 0.462. The Morgan fingerprint density at radius 1 is 0.900 bits per heavy atom. The largest absolute Gasteiger partial charge is 0.465 e. The van der Waals surface area contributed by atoms with Gasteiger partial charge < -0.3 is 14.9 Å². The van der Waals surface area contributed by atoms with Gasteiger partial charge in [0.15, 0.2) is 0 Å². The summed E-state index contributed by atoms with van der Waals surface area (Å²) in [5, 5.41) is 9.91. The summed E-state index contributed by atoms with van der Waals surface area (Å²) in [6.07, 6.45) is -11.7. The van der Waals surface area contributed by atoms with Crippen molar-refractivity contribution in [2.75, 3.05) is 25.5 Å². The van der Waals surface area contributed by atoms with Crippen molar-refractivity contribution in [3.8, 4) is 0 Å². The van der Waals surface area contributed by atoms with E-state index in [1.165, 1.54) is 7.05 Å². The van der Waals surface area contributed by atoms with Crippen LogP contribution in [0.3, 0.4) is 0 Å². The molecule has 1 N–H and O–H groups in total. The normalized spacial score (nSPS) is 20.0. The van der Waals surface area contributed by atoms with Crippen LogP contribution in [-0.4, -0.2) is 59.8 Å². The first-order valence-corrected chi connectivity index (χ1v) is 11.9. The molecule has 14 heteroatoms. The van der Waals surface area contributed by atoms with Crippen LogP contribution in [0.15, 0.2) is 36.4 Å². The summed E-state index contributed by atoms with van der Waals surface area (Å²) in [5.74, 6) is -2.94. The summed E-state index contributed by atoms with van der Waals surface area (Å²) in [6.45, 7) is 4.67. The van der Waals surface area contributed by atoms with Crippen molar-refractivity contribution in [3.05, 3.63) is 64.7 Å². The third kappa shape index (κ3) is 6.09. The molecular formula is C26H27F8N3O3. The van der Waals surface area contributed by atoms with Crippen molar-refractivity contribution in [2.45, 2.75) is 51.1 Å². The molecule has 6 nitrogen and oxygen atoms in total. The van der Waals surface area contributed by atoms with Crippen molar-refractivity contribution >= 4 is 17.8 Å². The van der Waals surface area contributed by atoms with Gasteiger partial charge in [-0.2, -0.15) is 26.3 Å². The molecule has 1 fully saturated rings. The van der Waals surface area contributed by atoms with Gasteiger partial charge in [-0.3, -0.25) is 4.90 Å². The van der Waals surface area contributed by atoms with Crippen LogP contribution in [-0.2, 0) is 12.4 Å². The molecule has 2 aromatic carbocycles. The van der Waals surface area contributed by atoms with Crippen molar-refractivity contribution in [3.63, 3.8) is 0 Å². The van der Waals surface area contributed by atoms with Gasteiger partial charge >= 0.3 is 24.5 Å². The fourth-order valence-electron chi connectivity index (χ4n) is 5.19. The molecule has 0 bridgehead atoms. The molecule has 40 heavy (non-hydrogen) atoms. The number of urea groups is 1. The highest BCUT2D eigenvalue weighted by Gasteiger charge is 2.53. The number of likely N-dealkylation sites (tertiary alicyclic amines) is 1. The van der Waals surface area contributed by atoms with Crippen molar-refractivity contribution in [2.24, 2.45) is 5.41 Å². The van der Waals surface area contributed by atoms with Crippen molar-refractivity contribution in [1.29, 1.82) is 0 Å². The molecule has 3 rings (SSSR count). The Balaban J connectivity index is 2.13. The van der Waals surface area contributed by atoms with Crippen LogP contribution in [0.1, 0.15) is 43.4 Å². The van der Waals surface area contributed by atoms with E-state index in [1.807, 2.05) is 0 Å². The van der Waals surface area contributed by atoms with Crippen LogP contribution in [0.5, 0.6) is 0 Å².